The molecule has 0 bridgehead atoms. The molecule has 0 saturated heterocycles. The summed E-state index contributed by atoms with van der Waals surface area (Å²) >= 11 is 0. The van der Waals surface area contributed by atoms with Gasteiger partial charge in [0.25, 0.3) is 0 Å². The lowest BCUT2D eigenvalue weighted by molar-refractivity contribution is 0.327. The van der Waals surface area contributed by atoms with Crippen molar-refractivity contribution in [3.05, 3.63) is 23.6 Å². The Morgan fingerprint density at radius 1 is 1.47 bits per heavy atom. The van der Waals surface area contributed by atoms with E-state index in [4.69, 9.17) is 4.74 Å². The number of fused-ring (bicyclic) bond motifs is 1. The minimum Gasteiger partial charge on any atom is -0.494 e. The summed E-state index contributed by atoms with van der Waals surface area (Å²) in [6.07, 6.45) is 3.50. The van der Waals surface area contributed by atoms with Gasteiger partial charge < -0.3 is 9.64 Å². The molecule has 1 aliphatic rings. The summed E-state index contributed by atoms with van der Waals surface area (Å²) in [6, 6.07) is 3.89. The lowest BCUT2D eigenvalue weighted by Crippen LogP contribution is -2.23. The molecule has 2 aromatic rings. The standard InChI is InChI=1S/C14H18FN3O/c1-18(9-3-4-9)6-5-12-10-7-14(19-2)11(15)8-13(10)17-16-12/h7-9H,3-6H2,1-2H3,(H,16,17). The number of hydrogen-bond donors (Lipinski definition) is 1. The molecular weight excluding hydrogens is 245 g/mol. The summed E-state index contributed by atoms with van der Waals surface area (Å²) in [4.78, 5) is 2.37. The third-order valence-corrected chi connectivity index (χ3v) is 3.79. The van der Waals surface area contributed by atoms with E-state index in [0.29, 0.717) is 5.52 Å². The fourth-order valence-corrected chi connectivity index (χ4v) is 2.40. The zero-order valence-corrected chi connectivity index (χ0v) is 11.2. The summed E-state index contributed by atoms with van der Waals surface area (Å²) in [5, 5.41) is 8.11. The first-order valence-electron chi connectivity index (χ1n) is 6.59. The van der Waals surface area contributed by atoms with Gasteiger partial charge >= 0.3 is 0 Å². The summed E-state index contributed by atoms with van der Waals surface area (Å²) < 4.78 is 18.6. The smallest absolute Gasteiger partial charge is 0.167 e. The number of rotatable bonds is 5. The predicted octanol–water partition coefficient (Wildman–Crippen LogP) is 2.35. The van der Waals surface area contributed by atoms with Crippen LogP contribution >= 0.6 is 0 Å². The van der Waals surface area contributed by atoms with Gasteiger partial charge in [-0.25, -0.2) is 4.39 Å². The number of nitrogens with one attached hydrogen (secondary N) is 1. The van der Waals surface area contributed by atoms with Gasteiger partial charge in [-0.3, -0.25) is 5.10 Å². The Labute approximate surface area is 111 Å². The van der Waals surface area contributed by atoms with Crippen LogP contribution in [-0.4, -0.2) is 41.8 Å². The Kier molecular flexibility index (Phi) is 3.14. The molecule has 1 aliphatic carbocycles. The fourth-order valence-electron chi connectivity index (χ4n) is 2.40. The second-order valence-corrected chi connectivity index (χ2v) is 5.17. The number of hydrogen-bond acceptors (Lipinski definition) is 3. The molecule has 0 spiro atoms. The van der Waals surface area contributed by atoms with Gasteiger partial charge in [0, 0.05) is 36.2 Å². The first-order chi connectivity index (χ1) is 9.19. The number of ether oxygens (including phenoxy) is 1. The third-order valence-electron chi connectivity index (χ3n) is 3.79. The highest BCUT2D eigenvalue weighted by Gasteiger charge is 2.25. The van der Waals surface area contributed by atoms with Crippen molar-refractivity contribution >= 4 is 10.9 Å². The molecule has 1 aromatic heterocycles. The van der Waals surface area contributed by atoms with Crippen molar-refractivity contribution in [1.82, 2.24) is 15.1 Å². The highest BCUT2D eigenvalue weighted by Crippen LogP contribution is 2.27. The van der Waals surface area contributed by atoms with Gasteiger partial charge in [0.1, 0.15) is 0 Å². The molecular formula is C14H18FN3O. The van der Waals surface area contributed by atoms with Crippen LogP contribution < -0.4 is 4.74 Å². The molecule has 1 heterocycles. The molecule has 0 radical (unpaired) electrons. The van der Waals surface area contributed by atoms with Crippen molar-refractivity contribution < 1.29 is 9.13 Å². The largest absolute Gasteiger partial charge is 0.494 e. The van der Waals surface area contributed by atoms with E-state index in [-0.39, 0.29) is 11.6 Å². The molecule has 4 nitrogen and oxygen atoms in total. The topological polar surface area (TPSA) is 41.1 Å². The van der Waals surface area contributed by atoms with Crippen molar-refractivity contribution in [1.29, 1.82) is 0 Å². The molecule has 5 heteroatoms. The van der Waals surface area contributed by atoms with E-state index in [1.54, 1.807) is 6.07 Å². The molecule has 0 amide bonds. The van der Waals surface area contributed by atoms with Gasteiger partial charge in [-0.05, 0) is 26.0 Å². The highest BCUT2D eigenvalue weighted by molar-refractivity contribution is 5.83. The van der Waals surface area contributed by atoms with Gasteiger partial charge in [-0.2, -0.15) is 5.10 Å². The molecule has 19 heavy (non-hydrogen) atoms. The molecule has 0 atom stereocenters. The molecule has 1 fully saturated rings. The van der Waals surface area contributed by atoms with Crippen LogP contribution in [0.4, 0.5) is 4.39 Å². The van der Waals surface area contributed by atoms with Crippen LogP contribution in [0, 0.1) is 5.82 Å². The Morgan fingerprint density at radius 2 is 2.26 bits per heavy atom. The second-order valence-electron chi connectivity index (χ2n) is 5.17. The van der Waals surface area contributed by atoms with Crippen molar-refractivity contribution in [2.75, 3.05) is 20.7 Å². The highest BCUT2D eigenvalue weighted by atomic mass is 19.1. The second kappa shape index (κ2) is 4.81. The SMILES string of the molecule is COc1cc2c(CCN(C)C3CC3)[nH]nc2cc1F. The lowest BCUT2D eigenvalue weighted by Gasteiger charge is -2.14. The Balaban J connectivity index is 1.82. The van der Waals surface area contributed by atoms with Crippen molar-refractivity contribution in [3.63, 3.8) is 0 Å². The maximum Gasteiger partial charge on any atom is 0.167 e. The number of nitrogens with zero attached hydrogens (tertiary/aromatic N) is 2. The maximum atomic E-state index is 13.6. The fraction of sp³-hybridized carbons (Fsp3) is 0.500. The van der Waals surface area contributed by atoms with Crippen LogP contribution in [0.1, 0.15) is 18.5 Å². The van der Waals surface area contributed by atoms with Crippen molar-refractivity contribution in [2.45, 2.75) is 25.3 Å². The molecule has 0 aliphatic heterocycles. The summed E-state index contributed by atoms with van der Waals surface area (Å²) in [6.45, 7) is 0.988. The number of halogens is 1. The van der Waals surface area contributed by atoms with E-state index in [1.807, 2.05) is 0 Å². The molecule has 0 unspecified atom stereocenters. The monoisotopic (exact) mass is 263 g/mol. The zero-order chi connectivity index (χ0) is 13.4. The zero-order valence-electron chi connectivity index (χ0n) is 11.2. The van der Waals surface area contributed by atoms with Crippen molar-refractivity contribution in [3.8, 4) is 5.75 Å². The number of aromatic nitrogens is 2. The van der Waals surface area contributed by atoms with E-state index in [1.165, 1.54) is 26.0 Å². The van der Waals surface area contributed by atoms with E-state index in [0.717, 1.165) is 30.1 Å². The molecule has 1 aromatic carbocycles. The normalized spacial score (nSPS) is 15.4. The molecule has 3 rings (SSSR count). The predicted molar refractivity (Wildman–Crippen MR) is 72.0 cm³/mol. The van der Waals surface area contributed by atoms with Crippen LogP contribution in [-0.2, 0) is 6.42 Å². The Bertz CT molecular complexity index is 592. The minimum atomic E-state index is -0.372. The van der Waals surface area contributed by atoms with Crippen LogP contribution in [0.5, 0.6) is 5.75 Å². The number of likely N-dealkylation sites (N-methyl/N-ethyl adjacent to an activating group) is 1. The van der Waals surface area contributed by atoms with E-state index < -0.39 is 0 Å². The quantitative estimate of drug-likeness (QED) is 0.900. The Hall–Kier alpha value is -1.62. The Morgan fingerprint density at radius 3 is 2.95 bits per heavy atom. The number of aromatic amines is 1. The van der Waals surface area contributed by atoms with E-state index >= 15 is 0 Å². The molecule has 102 valence electrons. The average Bonchev–Trinajstić information content (AvgIpc) is 3.18. The van der Waals surface area contributed by atoms with Gasteiger partial charge in [0.05, 0.1) is 12.6 Å². The van der Waals surface area contributed by atoms with Crippen LogP contribution in [0.3, 0.4) is 0 Å². The average molecular weight is 263 g/mol. The number of benzene rings is 1. The third kappa shape index (κ3) is 2.42. The summed E-state index contributed by atoms with van der Waals surface area (Å²) in [5.74, 6) is -0.103. The summed E-state index contributed by atoms with van der Waals surface area (Å²) in [5.41, 5.74) is 1.70. The van der Waals surface area contributed by atoms with Crippen LogP contribution in [0.25, 0.3) is 10.9 Å². The first kappa shape index (κ1) is 12.4. The number of H-pyrrole nitrogens is 1. The van der Waals surface area contributed by atoms with Crippen molar-refractivity contribution in [2.24, 2.45) is 0 Å². The minimum absolute atomic E-state index is 0.269. The van der Waals surface area contributed by atoms with Crippen LogP contribution in [0.2, 0.25) is 0 Å². The van der Waals surface area contributed by atoms with Crippen LogP contribution in [0.15, 0.2) is 12.1 Å². The molecule has 1 N–H and O–H groups in total. The van der Waals surface area contributed by atoms with E-state index in [9.17, 15) is 4.39 Å². The molecule has 1 saturated carbocycles. The number of methoxy groups -OCH3 is 1. The summed E-state index contributed by atoms with van der Waals surface area (Å²) in [7, 11) is 3.63. The van der Waals surface area contributed by atoms with Gasteiger partial charge in [-0.15, -0.1) is 0 Å². The van der Waals surface area contributed by atoms with Gasteiger partial charge in [-0.1, -0.05) is 0 Å². The van der Waals surface area contributed by atoms with E-state index in [2.05, 4.69) is 22.1 Å². The maximum absolute atomic E-state index is 13.6. The van der Waals surface area contributed by atoms with Gasteiger partial charge in [0.2, 0.25) is 0 Å². The first-order valence-corrected chi connectivity index (χ1v) is 6.59. The van der Waals surface area contributed by atoms with Gasteiger partial charge in [0.15, 0.2) is 11.6 Å². The lowest BCUT2D eigenvalue weighted by atomic mass is 10.1.